The van der Waals surface area contributed by atoms with Crippen molar-refractivity contribution in [3.8, 4) is 16.9 Å². The van der Waals surface area contributed by atoms with Crippen LogP contribution in [-0.4, -0.2) is 64.5 Å². The zero-order valence-electron chi connectivity index (χ0n) is 25.9. The fourth-order valence-electron chi connectivity index (χ4n) is 6.58. The Kier molecular flexibility index (Phi) is 8.67. The molecular formula is C34H31Cl2N9O3. The number of aromatic nitrogens is 7. The van der Waals surface area contributed by atoms with Crippen LogP contribution < -0.4 is 10.9 Å². The first-order valence-corrected chi connectivity index (χ1v) is 16.3. The Balaban J connectivity index is 1.15. The topological polar surface area (TPSA) is 144 Å². The Labute approximate surface area is 285 Å². The maximum Gasteiger partial charge on any atom is 0.250 e. The number of imidazole rings is 1. The molecule has 2 aliphatic rings. The summed E-state index contributed by atoms with van der Waals surface area (Å²) in [5.74, 6) is -0.00865. The van der Waals surface area contributed by atoms with Gasteiger partial charge in [-0.05, 0) is 60.0 Å². The van der Waals surface area contributed by atoms with E-state index in [1.165, 1.54) is 17.1 Å². The van der Waals surface area contributed by atoms with Gasteiger partial charge in [0.2, 0.25) is 11.8 Å². The molecule has 2 N–H and O–H groups in total. The highest BCUT2D eigenvalue weighted by Crippen LogP contribution is 2.36. The van der Waals surface area contributed by atoms with Crippen LogP contribution in [0, 0.1) is 12.8 Å². The highest BCUT2D eigenvalue weighted by Gasteiger charge is 2.37. The highest BCUT2D eigenvalue weighted by molar-refractivity contribution is 6.32. The molecule has 14 heteroatoms. The molecule has 2 amide bonds. The average molecular weight is 685 g/mol. The Morgan fingerprint density at radius 1 is 1.08 bits per heavy atom. The summed E-state index contributed by atoms with van der Waals surface area (Å²) in [6.45, 7) is 3.58. The number of likely N-dealkylation sites (tertiary alicyclic amines) is 1. The number of tetrazole rings is 1. The van der Waals surface area contributed by atoms with Crippen molar-refractivity contribution >= 4 is 41.1 Å². The molecule has 0 saturated carbocycles. The Bertz CT molecular complexity index is 2070. The molecule has 48 heavy (non-hydrogen) atoms. The lowest BCUT2D eigenvalue weighted by Crippen LogP contribution is -2.49. The summed E-state index contributed by atoms with van der Waals surface area (Å²) >= 11 is 12.9. The number of H-pyrrole nitrogens is 1. The summed E-state index contributed by atoms with van der Waals surface area (Å²) in [6, 6.07) is 17.4. The normalized spacial score (nSPS) is 17.7. The Hall–Kier alpha value is -5.07. The molecular weight excluding hydrogens is 653 g/mol. The molecule has 7 rings (SSSR count). The van der Waals surface area contributed by atoms with Crippen LogP contribution in [0.25, 0.3) is 23.0 Å². The Morgan fingerprint density at radius 3 is 2.71 bits per heavy atom. The standard InChI is InChI=1S/C34H31Cl2N9O3/c1-20-5-7-22(8-6-20)32-33(36)40-34(39-32)26(38-29(46)12-9-23-14-25(35)10-11-28(23)45-19-37-41-42-45)15-31(48)43-16-21-13-24(18-43)27-3-2-4-30(47)44(27)17-21/h2-12,14,19,21,24,26H,13,15-18H2,1H3,(H,38,46)(H,39,40)/b12-9+/t21?,24?,26-/m0/s1. The fourth-order valence-corrected chi connectivity index (χ4v) is 7.01. The lowest BCUT2D eigenvalue weighted by molar-refractivity contribution is -0.134. The molecule has 2 aliphatic heterocycles. The predicted octanol–water partition coefficient (Wildman–Crippen LogP) is 4.74. The van der Waals surface area contributed by atoms with Gasteiger partial charge in [-0.1, -0.05) is 59.1 Å². The van der Waals surface area contributed by atoms with Crippen LogP contribution in [0.4, 0.5) is 0 Å². The molecule has 0 radical (unpaired) electrons. The molecule has 1 saturated heterocycles. The number of piperidine rings is 1. The van der Waals surface area contributed by atoms with Crippen molar-refractivity contribution in [2.75, 3.05) is 13.1 Å². The van der Waals surface area contributed by atoms with Gasteiger partial charge in [0.25, 0.3) is 5.56 Å². The maximum absolute atomic E-state index is 13.9. The van der Waals surface area contributed by atoms with E-state index in [2.05, 4.69) is 25.8 Å². The van der Waals surface area contributed by atoms with Crippen molar-refractivity contribution in [3.63, 3.8) is 0 Å². The monoisotopic (exact) mass is 683 g/mol. The molecule has 1 fully saturated rings. The Morgan fingerprint density at radius 2 is 1.92 bits per heavy atom. The third-order valence-electron chi connectivity index (χ3n) is 8.86. The quantitative estimate of drug-likeness (QED) is 0.225. The molecule has 2 bridgehead atoms. The van der Waals surface area contributed by atoms with E-state index in [0.29, 0.717) is 52.6 Å². The van der Waals surface area contributed by atoms with Crippen molar-refractivity contribution in [2.45, 2.75) is 38.3 Å². The van der Waals surface area contributed by atoms with Gasteiger partial charge >= 0.3 is 0 Å². The van der Waals surface area contributed by atoms with E-state index in [9.17, 15) is 14.4 Å². The van der Waals surface area contributed by atoms with E-state index in [1.54, 1.807) is 36.4 Å². The number of amides is 2. The minimum Gasteiger partial charge on any atom is -0.342 e. The van der Waals surface area contributed by atoms with Gasteiger partial charge in [-0.3, -0.25) is 14.4 Å². The summed E-state index contributed by atoms with van der Waals surface area (Å²) in [5.41, 5.74) is 4.59. The van der Waals surface area contributed by atoms with Crippen LogP contribution in [0.1, 0.15) is 47.4 Å². The first kappa shape index (κ1) is 31.5. The number of fused-ring (bicyclic) bond motifs is 4. The van der Waals surface area contributed by atoms with Gasteiger partial charge in [-0.15, -0.1) is 5.10 Å². The van der Waals surface area contributed by atoms with Gasteiger partial charge in [-0.25, -0.2) is 4.98 Å². The number of halogens is 2. The number of carbonyl (C=O) groups is 2. The van der Waals surface area contributed by atoms with E-state index >= 15 is 0 Å². The number of nitrogens with zero attached hydrogens (tertiary/aromatic N) is 7. The van der Waals surface area contributed by atoms with Crippen molar-refractivity contribution < 1.29 is 9.59 Å². The van der Waals surface area contributed by atoms with Crippen LogP contribution in [0.5, 0.6) is 0 Å². The van der Waals surface area contributed by atoms with Crippen molar-refractivity contribution in [1.29, 1.82) is 0 Å². The molecule has 3 atom stereocenters. The first-order valence-electron chi connectivity index (χ1n) is 15.5. The second-order valence-corrected chi connectivity index (χ2v) is 13.0. The lowest BCUT2D eigenvalue weighted by atomic mass is 9.83. The summed E-state index contributed by atoms with van der Waals surface area (Å²) < 4.78 is 3.30. The summed E-state index contributed by atoms with van der Waals surface area (Å²) in [4.78, 5) is 49.6. The summed E-state index contributed by atoms with van der Waals surface area (Å²) in [5, 5.41) is 15.1. The van der Waals surface area contributed by atoms with E-state index < -0.39 is 11.9 Å². The SMILES string of the molecule is Cc1ccc(-c2nc([C@H](CC(=O)N3CC4CC(C3)c3cccc(=O)n3C4)NC(=O)/C=C/c3cc(Cl)ccc3-n3cnnn3)[nH]c2Cl)cc1. The number of rotatable bonds is 8. The minimum absolute atomic E-state index is 0.0141. The van der Waals surface area contributed by atoms with E-state index in [1.807, 2.05) is 46.7 Å². The summed E-state index contributed by atoms with van der Waals surface area (Å²) in [6.07, 6.45) is 5.28. The van der Waals surface area contributed by atoms with Gasteiger partial charge in [0.05, 0.1) is 18.2 Å². The molecule has 244 valence electrons. The smallest absolute Gasteiger partial charge is 0.250 e. The maximum atomic E-state index is 13.9. The first-order chi connectivity index (χ1) is 23.2. The largest absolute Gasteiger partial charge is 0.342 e. The zero-order chi connectivity index (χ0) is 33.4. The third kappa shape index (κ3) is 6.54. The third-order valence-corrected chi connectivity index (χ3v) is 9.37. The number of aromatic amines is 1. The zero-order valence-corrected chi connectivity index (χ0v) is 27.4. The molecule has 5 aromatic rings. The van der Waals surface area contributed by atoms with Crippen molar-refractivity contribution in [1.82, 2.24) is 45.0 Å². The van der Waals surface area contributed by atoms with Crippen LogP contribution in [-0.2, 0) is 16.1 Å². The van der Waals surface area contributed by atoms with E-state index in [4.69, 9.17) is 28.2 Å². The minimum atomic E-state index is -0.818. The second-order valence-electron chi connectivity index (χ2n) is 12.2. The van der Waals surface area contributed by atoms with Crippen molar-refractivity contribution in [2.24, 2.45) is 5.92 Å². The molecule has 0 spiro atoms. The number of benzene rings is 2. The molecule has 12 nitrogen and oxygen atoms in total. The molecule has 2 unspecified atom stereocenters. The van der Waals surface area contributed by atoms with Gasteiger partial charge in [0.15, 0.2) is 0 Å². The predicted molar refractivity (Wildman–Crippen MR) is 181 cm³/mol. The lowest BCUT2D eigenvalue weighted by Gasteiger charge is -2.43. The molecule has 0 aliphatic carbocycles. The van der Waals surface area contributed by atoms with E-state index in [-0.39, 0.29) is 29.7 Å². The number of pyridine rings is 1. The van der Waals surface area contributed by atoms with Gasteiger partial charge in [-0.2, -0.15) is 4.68 Å². The van der Waals surface area contributed by atoms with Gasteiger partial charge < -0.3 is 19.8 Å². The number of hydrogen-bond donors (Lipinski definition) is 2. The molecule has 2 aromatic carbocycles. The van der Waals surface area contributed by atoms with Gasteiger partial charge in [0, 0.05) is 59.5 Å². The molecule has 3 aromatic heterocycles. The van der Waals surface area contributed by atoms with Crippen LogP contribution in [0.3, 0.4) is 0 Å². The van der Waals surface area contributed by atoms with Crippen LogP contribution >= 0.6 is 23.2 Å². The van der Waals surface area contributed by atoms with Crippen molar-refractivity contribution in [3.05, 3.63) is 116 Å². The number of nitrogens with one attached hydrogen (secondary N) is 2. The highest BCUT2D eigenvalue weighted by atomic mass is 35.5. The van der Waals surface area contributed by atoms with E-state index in [0.717, 1.165) is 23.2 Å². The van der Waals surface area contributed by atoms with Crippen LogP contribution in [0.2, 0.25) is 10.2 Å². The number of hydrogen-bond acceptors (Lipinski definition) is 7. The number of aryl methyl sites for hydroxylation is 1. The second kappa shape index (κ2) is 13.2. The summed E-state index contributed by atoms with van der Waals surface area (Å²) in [7, 11) is 0. The number of carbonyl (C=O) groups excluding carboxylic acids is 2. The fraction of sp³-hybridized carbons (Fsp3) is 0.265. The average Bonchev–Trinajstić information content (AvgIpc) is 3.75. The van der Waals surface area contributed by atoms with Gasteiger partial charge in [0.1, 0.15) is 23.0 Å². The molecule has 5 heterocycles. The van der Waals surface area contributed by atoms with Crippen LogP contribution in [0.15, 0.2) is 77.9 Å².